The summed E-state index contributed by atoms with van der Waals surface area (Å²) in [6.07, 6.45) is 42.2. The second kappa shape index (κ2) is 39.4. The Labute approximate surface area is 282 Å². The van der Waals surface area contributed by atoms with E-state index in [1.165, 1.54) is 173 Å². The van der Waals surface area contributed by atoms with Crippen molar-refractivity contribution >= 4 is 6.09 Å². The van der Waals surface area contributed by atoms with E-state index < -0.39 is 0 Å². The van der Waals surface area contributed by atoms with Crippen molar-refractivity contribution in [3.05, 3.63) is 0 Å². The number of ether oxygens (including phenoxy) is 2. The summed E-state index contributed by atoms with van der Waals surface area (Å²) in [5.41, 5.74) is 0. The molecular formula is C40H81NO4. The fraction of sp³-hybridized carbons (Fsp3) is 0.975. The van der Waals surface area contributed by atoms with Crippen molar-refractivity contribution in [2.45, 2.75) is 225 Å². The van der Waals surface area contributed by atoms with Crippen LogP contribution in [0.15, 0.2) is 0 Å². The number of aliphatic hydroxyl groups excluding tert-OH is 1. The Kier molecular flexibility index (Phi) is 38.7. The van der Waals surface area contributed by atoms with Crippen molar-refractivity contribution in [3.8, 4) is 0 Å². The van der Waals surface area contributed by atoms with Gasteiger partial charge in [-0.25, -0.2) is 4.79 Å². The Morgan fingerprint density at radius 2 is 0.822 bits per heavy atom. The topological polar surface area (TPSA) is 67.8 Å². The summed E-state index contributed by atoms with van der Waals surface area (Å²) < 4.78 is 11.2. The molecule has 0 aliphatic rings. The number of alkyl carbamates (subject to hydrolysis) is 1. The minimum absolute atomic E-state index is 0.0370. The Morgan fingerprint density at radius 3 is 1.16 bits per heavy atom. The maximum atomic E-state index is 12.4. The van der Waals surface area contributed by atoms with Crippen LogP contribution in [0.5, 0.6) is 0 Å². The van der Waals surface area contributed by atoms with Crippen LogP contribution in [-0.2, 0) is 9.47 Å². The van der Waals surface area contributed by atoms with Gasteiger partial charge in [0.1, 0.15) is 6.10 Å². The minimum Gasteiger partial charge on any atom is -0.446 e. The number of carbonyl (C=O) groups is 1. The fourth-order valence-corrected chi connectivity index (χ4v) is 6.30. The third-order valence-electron chi connectivity index (χ3n) is 9.25. The molecule has 2 N–H and O–H groups in total. The van der Waals surface area contributed by atoms with Crippen LogP contribution in [0.1, 0.15) is 219 Å². The van der Waals surface area contributed by atoms with Gasteiger partial charge in [-0.3, -0.25) is 0 Å². The number of hydrogen-bond donors (Lipinski definition) is 2. The average Bonchev–Trinajstić information content (AvgIpc) is 3.04. The molecule has 270 valence electrons. The van der Waals surface area contributed by atoms with Gasteiger partial charge in [0.25, 0.3) is 0 Å². The van der Waals surface area contributed by atoms with Crippen LogP contribution in [0.3, 0.4) is 0 Å². The van der Waals surface area contributed by atoms with E-state index >= 15 is 0 Å². The molecule has 0 rings (SSSR count). The monoisotopic (exact) mass is 640 g/mol. The van der Waals surface area contributed by atoms with Gasteiger partial charge in [-0.2, -0.15) is 0 Å². The maximum Gasteiger partial charge on any atom is 0.407 e. The Morgan fingerprint density at radius 1 is 0.489 bits per heavy atom. The predicted octanol–water partition coefficient (Wildman–Crippen LogP) is 12.6. The van der Waals surface area contributed by atoms with Crippen molar-refractivity contribution < 1.29 is 19.4 Å². The number of nitrogens with one attached hydrogen (secondary N) is 1. The molecule has 0 radical (unpaired) electrons. The molecule has 0 aromatic rings. The van der Waals surface area contributed by atoms with E-state index in [0.717, 1.165) is 32.1 Å². The lowest BCUT2D eigenvalue weighted by molar-refractivity contribution is 0.0789. The molecule has 45 heavy (non-hydrogen) atoms. The van der Waals surface area contributed by atoms with Gasteiger partial charge >= 0.3 is 6.09 Å². The van der Waals surface area contributed by atoms with Crippen molar-refractivity contribution in [2.24, 2.45) is 0 Å². The van der Waals surface area contributed by atoms with Crippen LogP contribution in [-0.4, -0.2) is 43.7 Å². The summed E-state index contributed by atoms with van der Waals surface area (Å²) in [6, 6.07) is 0. The first kappa shape index (κ1) is 44.2. The zero-order valence-electron chi connectivity index (χ0n) is 30.7. The Balaban J connectivity index is 3.96. The third kappa shape index (κ3) is 37.5. The molecule has 0 fully saturated rings. The van der Waals surface area contributed by atoms with E-state index in [-0.39, 0.29) is 18.8 Å². The fourth-order valence-electron chi connectivity index (χ4n) is 6.30. The van der Waals surface area contributed by atoms with E-state index in [9.17, 15) is 4.79 Å². The number of amides is 1. The maximum absolute atomic E-state index is 12.4. The van der Waals surface area contributed by atoms with Crippen molar-refractivity contribution in [1.29, 1.82) is 0 Å². The van der Waals surface area contributed by atoms with Crippen LogP contribution >= 0.6 is 0 Å². The van der Waals surface area contributed by atoms with Gasteiger partial charge in [0, 0.05) is 13.2 Å². The zero-order chi connectivity index (χ0) is 32.7. The smallest absolute Gasteiger partial charge is 0.407 e. The van der Waals surface area contributed by atoms with Crippen LogP contribution in [0.2, 0.25) is 0 Å². The highest BCUT2D eigenvalue weighted by Crippen LogP contribution is 2.19. The first-order chi connectivity index (χ1) is 22.2. The molecule has 0 aliphatic heterocycles. The van der Waals surface area contributed by atoms with E-state index in [4.69, 9.17) is 14.6 Å². The molecule has 0 saturated heterocycles. The summed E-state index contributed by atoms with van der Waals surface area (Å²) in [5.74, 6) is 0. The van der Waals surface area contributed by atoms with E-state index in [2.05, 4.69) is 19.2 Å². The van der Waals surface area contributed by atoms with Crippen LogP contribution < -0.4 is 5.32 Å². The highest BCUT2D eigenvalue weighted by Gasteiger charge is 2.14. The molecule has 0 aliphatic carbocycles. The second-order valence-electron chi connectivity index (χ2n) is 13.8. The van der Waals surface area contributed by atoms with Gasteiger partial charge in [0.15, 0.2) is 0 Å². The van der Waals surface area contributed by atoms with E-state index in [1.807, 2.05) is 0 Å². The first-order valence-electron chi connectivity index (χ1n) is 20.4. The van der Waals surface area contributed by atoms with Crippen LogP contribution in [0, 0.1) is 0 Å². The molecule has 0 saturated carbocycles. The molecule has 1 atom stereocenters. The quantitative estimate of drug-likeness (QED) is 0.0660. The molecular weight excluding hydrogens is 558 g/mol. The Bertz CT molecular complexity index is 558. The first-order valence-corrected chi connectivity index (χ1v) is 20.4. The summed E-state index contributed by atoms with van der Waals surface area (Å²) in [7, 11) is 0. The SMILES string of the molecule is CCCCCCCCCCCCCCCCCC(CCCCCCCCCCCCCCCC)OC(=O)NCCCOCCO. The summed E-state index contributed by atoms with van der Waals surface area (Å²) in [6.45, 7) is 6.06. The molecule has 0 aromatic carbocycles. The highest BCUT2D eigenvalue weighted by atomic mass is 16.6. The number of hydrogen-bond acceptors (Lipinski definition) is 4. The average molecular weight is 640 g/mol. The van der Waals surface area contributed by atoms with Crippen molar-refractivity contribution in [1.82, 2.24) is 5.32 Å². The number of unbranched alkanes of at least 4 members (excludes halogenated alkanes) is 27. The third-order valence-corrected chi connectivity index (χ3v) is 9.25. The van der Waals surface area contributed by atoms with Crippen molar-refractivity contribution in [2.75, 3.05) is 26.4 Å². The van der Waals surface area contributed by atoms with Crippen LogP contribution in [0.25, 0.3) is 0 Å². The molecule has 0 heterocycles. The molecule has 0 spiro atoms. The lowest BCUT2D eigenvalue weighted by atomic mass is 10.0. The number of rotatable bonds is 38. The van der Waals surface area contributed by atoms with Crippen LogP contribution in [0.4, 0.5) is 4.79 Å². The van der Waals surface area contributed by atoms with Gasteiger partial charge in [-0.15, -0.1) is 0 Å². The van der Waals surface area contributed by atoms with Gasteiger partial charge < -0.3 is 19.9 Å². The van der Waals surface area contributed by atoms with Gasteiger partial charge in [-0.1, -0.05) is 187 Å². The summed E-state index contributed by atoms with van der Waals surface area (Å²) >= 11 is 0. The summed E-state index contributed by atoms with van der Waals surface area (Å²) in [4.78, 5) is 12.4. The lowest BCUT2D eigenvalue weighted by Gasteiger charge is -2.18. The Hall–Kier alpha value is -0.810. The number of carbonyl (C=O) groups excluding carboxylic acids is 1. The van der Waals surface area contributed by atoms with Gasteiger partial charge in [0.05, 0.1) is 13.2 Å². The lowest BCUT2D eigenvalue weighted by Crippen LogP contribution is -2.30. The molecule has 1 unspecified atom stereocenters. The molecule has 5 heteroatoms. The molecule has 1 amide bonds. The molecule has 0 aromatic heterocycles. The largest absolute Gasteiger partial charge is 0.446 e. The van der Waals surface area contributed by atoms with Crippen molar-refractivity contribution in [3.63, 3.8) is 0 Å². The second-order valence-corrected chi connectivity index (χ2v) is 13.8. The summed E-state index contributed by atoms with van der Waals surface area (Å²) in [5, 5.41) is 11.7. The molecule has 5 nitrogen and oxygen atoms in total. The number of aliphatic hydroxyl groups is 1. The van der Waals surface area contributed by atoms with Gasteiger partial charge in [-0.05, 0) is 32.1 Å². The minimum atomic E-state index is -0.284. The standard InChI is InChI=1S/C40H81NO4/c1-3-5-7-9-11-13-15-17-19-21-23-25-27-29-31-34-39(45-40(43)41-35-32-37-44-38-36-42)33-30-28-26-24-22-20-18-16-14-12-10-8-6-4-2/h39,42H,3-38H2,1-2H3,(H,41,43). The zero-order valence-corrected chi connectivity index (χ0v) is 30.7. The molecule has 0 bridgehead atoms. The normalized spacial score (nSPS) is 12.1. The van der Waals surface area contributed by atoms with Gasteiger partial charge in [0.2, 0.25) is 0 Å². The van der Waals surface area contributed by atoms with E-state index in [0.29, 0.717) is 19.8 Å². The predicted molar refractivity (Wildman–Crippen MR) is 195 cm³/mol. The van der Waals surface area contributed by atoms with E-state index in [1.54, 1.807) is 0 Å². The highest BCUT2D eigenvalue weighted by molar-refractivity contribution is 5.67.